The van der Waals surface area contributed by atoms with Crippen LogP contribution in [-0.2, 0) is 21.3 Å². The molecule has 1 aromatic rings. The van der Waals surface area contributed by atoms with Crippen LogP contribution in [0.3, 0.4) is 0 Å². The van der Waals surface area contributed by atoms with Crippen LogP contribution in [0.5, 0.6) is 0 Å². The molecule has 30 heavy (non-hydrogen) atoms. The second-order valence-electron chi connectivity index (χ2n) is 9.43. The van der Waals surface area contributed by atoms with E-state index in [-0.39, 0.29) is 31.6 Å². The largest absolute Gasteiger partial charge is 0.444 e. The van der Waals surface area contributed by atoms with Gasteiger partial charge in [-0.15, -0.1) is 0 Å². The summed E-state index contributed by atoms with van der Waals surface area (Å²) in [5.74, 6) is 0. The minimum Gasteiger partial charge on any atom is -0.444 e. The van der Waals surface area contributed by atoms with Crippen molar-refractivity contribution in [3.63, 3.8) is 0 Å². The number of aromatic nitrogens is 1. The van der Waals surface area contributed by atoms with Crippen molar-refractivity contribution in [2.24, 2.45) is 5.41 Å². The summed E-state index contributed by atoms with van der Waals surface area (Å²) in [6.45, 7) is 9.19. The minimum absolute atomic E-state index is 0.217. The Bertz CT molecular complexity index is 876. The molecule has 2 aliphatic rings. The van der Waals surface area contributed by atoms with E-state index in [0.717, 1.165) is 6.07 Å². The van der Waals surface area contributed by atoms with Gasteiger partial charge in [-0.1, -0.05) is 6.07 Å². The van der Waals surface area contributed by atoms with Crippen molar-refractivity contribution < 1.29 is 27.4 Å². The normalized spacial score (nSPS) is 21.3. The molecule has 1 spiro atoms. The van der Waals surface area contributed by atoms with E-state index in [1.165, 1.54) is 11.0 Å². The molecule has 1 aromatic heterocycles. The highest BCUT2D eigenvalue weighted by Crippen LogP contribution is 2.54. The van der Waals surface area contributed by atoms with Gasteiger partial charge in [0.25, 0.3) is 0 Å². The fraction of sp³-hybridized carbons (Fsp3) is 0.667. The lowest BCUT2D eigenvalue weighted by Gasteiger charge is -2.40. The van der Waals surface area contributed by atoms with Crippen molar-refractivity contribution in [1.29, 1.82) is 5.26 Å². The van der Waals surface area contributed by atoms with Gasteiger partial charge in [-0.25, -0.2) is 9.78 Å². The van der Waals surface area contributed by atoms with Gasteiger partial charge in [0.15, 0.2) is 0 Å². The van der Waals surface area contributed by atoms with E-state index < -0.39 is 40.7 Å². The predicted octanol–water partition coefficient (Wildman–Crippen LogP) is 4.95. The summed E-state index contributed by atoms with van der Waals surface area (Å²) in [4.78, 5) is 17.8. The molecular weight excluding hydrogens is 399 g/mol. The smallest absolute Gasteiger partial charge is 0.433 e. The van der Waals surface area contributed by atoms with Gasteiger partial charge >= 0.3 is 12.3 Å². The van der Waals surface area contributed by atoms with Crippen molar-refractivity contribution in [1.82, 2.24) is 9.88 Å². The average Bonchev–Trinajstić information content (AvgIpc) is 2.95. The minimum atomic E-state index is -4.59. The Morgan fingerprint density at radius 1 is 1.23 bits per heavy atom. The molecule has 1 amide bonds. The van der Waals surface area contributed by atoms with Crippen molar-refractivity contribution in [3.8, 4) is 6.07 Å². The molecule has 3 heterocycles. The Hall–Kier alpha value is -2.34. The van der Waals surface area contributed by atoms with E-state index in [0.29, 0.717) is 5.56 Å². The summed E-state index contributed by atoms with van der Waals surface area (Å²) >= 11 is 0. The number of rotatable bonds is 1. The van der Waals surface area contributed by atoms with Gasteiger partial charge in [0, 0.05) is 18.7 Å². The number of halogens is 3. The first-order chi connectivity index (χ1) is 13.7. The van der Waals surface area contributed by atoms with E-state index in [2.05, 4.69) is 11.1 Å². The molecule has 0 aliphatic carbocycles. The van der Waals surface area contributed by atoms with Crippen LogP contribution in [0.25, 0.3) is 0 Å². The second-order valence-corrected chi connectivity index (χ2v) is 9.43. The Labute approximate surface area is 174 Å². The second kappa shape index (κ2) is 7.12. The number of carbonyl (C=O) groups excluding carboxylic acids is 1. The fourth-order valence-electron chi connectivity index (χ4n) is 3.88. The van der Waals surface area contributed by atoms with E-state index in [4.69, 9.17) is 9.47 Å². The molecule has 1 fully saturated rings. The zero-order chi connectivity index (χ0) is 22.5. The maximum absolute atomic E-state index is 13.3. The molecule has 9 heteroatoms. The predicted molar refractivity (Wildman–Crippen MR) is 101 cm³/mol. The molecule has 1 unspecified atom stereocenters. The summed E-state index contributed by atoms with van der Waals surface area (Å²) in [6.07, 6.45) is -5.23. The topological polar surface area (TPSA) is 75.4 Å². The first-order valence-corrected chi connectivity index (χ1v) is 9.84. The molecule has 0 aromatic carbocycles. The van der Waals surface area contributed by atoms with Crippen LogP contribution in [0, 0.1) is 16.7 Å². The fourth-order valence-corrected chi connectivity index (χ4v) is 3.88. The molecule has 0 bridgehead atoms. The van der Waals surface area contributed by atoms with Crippen LogP contribution >= 0.6 is 0 Å². The molecule has 0 saturated carbocycles. The lowest BCUT2D eigenvalue weighted by Crippen LogP contribution is -2.47. The van der Waals surface area contributed by atoms with Crippen LogP contribution < -0.4 is 0 Å². The van der Waals surface area contributed by atoms with Crippen molar-refractivity contribution in [3.05, 3.63) is 29.1 Å². The zero-order valence-corrected chi connectivity index (χ0v) is 17.8. The zero-order valence-electron chi connectivity index (χ0n) is 17.8. The average molecular weight is 425 g/mol. The summed E-state index contributed by atoms with van der Waals surface area (Å²) in [5, 5.41) is 9.57. The third-order valence-electron chi connectivity index (χ3n) is 5.44. The maximum Gasteiger partial charge on any atom is 0.433 e. The highest BCUT2D eigenvalue weighted by Gasteiger charge is 2.53. The Kier molecular flexibility index (Phi) is 5.30. The number of alkyl halides is 3. The summed E-state index contributed by atoms with van der Waals surface area (Å²) in [7, 11) is 0. The van der Waals surface area contributed by atoms with Crippen molar-refractivity contribution in [2.45, 2.75) is 70.9 Å². The molecule has 6 nitrogen and oxygen atoms in total. The number of hydrogen-bond donors (Lipinski definition) is 0. The number of hydrogen-bond acceptors (Lipinski definition) is 5. The molecule has 3 rings (SSSR count). The van der Waals surface area contributed by atoms with Crippen LogP contribution in [0.1, 0.15) is 70.5 Å². The highest BCUT2D eigenvalue weighted by molar-refractivity contribution is 5.68. The first kappa shape index (κ1) is 22.3. The van der Waals surface area contributed by atoms with E-state index in [9.17, 15) is 23.2 Å². The lowest BCUT2D eigenvalue weighted by molar-refractivity contribution is -0.143. The van der Waals surface area contributed by atoms with E-state index in [1.54, 1.807) is 34.6 Å². The van der Waals surface area contributed by atoms with Crippen molar-refractivity contribution in [2.75, 3.05) is 13.1 Å². The molecule has 1 atom stereocenters. The Balaban J connectivity index is 1.94. The van der Waals surface area contributed by atoms with Gasteiger partial charge < -0.3 is 14.4 Å². The highest BCUT2D eigenvalue weighted by atomic mass is 19.4. The van der Waals surface area contributed by atoms with E-state index >= 15 is 0 Å². The molecular formula is C21H26F3N3O3. The van der Waals surface area contributed by atoms with Gasteiger partial charge in [0.05, 0.1) is 17.2 Å². The number of ether oxygens (including phenoxy) is 2. The van der Waals surface area contributed by atoms with Gasteiger partial charge in [-0.2, -0.15) is 18.4 Å². The molecule has 0 radical (unpaired) electrons. The Morgan fingerprint density at radius 2 is 1.83 bits per heavy atom. The van der Waals surface area contributed by atoms with Gasteiger partial charge in [-0.05, 0) is 53.5 Å². The number of fused-ring (bicyclic) bond motifs is 2. The monoisotopic (exact) mass is 425 g/mol. The van der Waals surface area contributed by atoms with Crippen LogP contribution in [0.15, 0.2) is 12.1 Å². The number of likely N-dealkylation sites (tertiary alicyclic amines) is 1. The quantitative estimate of drug-likeness (QED) is 0.637. The van der Waals surface area contributed by atoms with Crippen LogP contribution in [-0.4, -0.2) is 34.7 Å². The third kappa shape index (κ3) is 4.10. The molecule has 0 N–H and O–H groups in total. The molecule has 2 aliphatic heterocycles. The summed E-state index contributed by atoms with van der Waals surface area (Å²) < 4.78 is 51.6. The lowest BCUT2D eigenvalue weighted by atomic mass is 9.82. The number of pyridine rings is 1. The summed E-state index contributed by atoms with van der Waals surface area (Å²) in [6, 6.07) is 4.48. The van der Waals surface area contributed by atoms with Crippen LogP contribution in [0.4, 0.5) is 18.0 Å². The third-order valence-corrected chi connectivity index (χ3v) is 5.44. The van der Waals surface area contributed by atoms with Crippen molar-refractivity contribution >= 4 is 6.09 Å². The SMILES string of the molecule is CC(C)(C)OC(=O)N1CCC2(CC1)OC(C(C)(C)C#N)c1ccc(C(F)(F)F)nc12. The maximum atomic E-state index is 13.3. The van der Waals surface area contributed by atoms with E-state index in [1.807, 2.05) is 0 Å². The van der Waals surface area contributed by atoms with Gasteiger partial charge in [0.1, 0.15) is 23.0 Å². The molecule has 1 saturated heterocycles. The van der Waals surface area contributed by atoms with Gasteiger partial charge in [0.2, 0.25) is 0 Å². The number of carbonyl (C=O) groups is 1. The standard InChI is InChI=1S/C21H26F3N3O3/c1-18(2,3)30-17(28)27-10-8-20(9-11-27)15-13(16(29-20)19(4,5)12-25)6-7-14(26-15)21(22,23)24/h6-7,16H,8-11H2,1-5H3. The van der Waals surface area contributed by atoms with Gasteiger partial charge in [-0.3, -0.25) is 0 Å². The number of amides is 1. The first-order valence-electron chi connectivity index (χ1n) is 9.84. The number of nitriles is 1. The van der Waals surface area contributed by atoms with Crippen LogP contribution in [0.2, 0.25) is 0 Å². The Morgan fingerprint density at radius 3 is 2.33 bits per heavy atom. The summed E-state index contributed by atoms with van der Waals surface area (Å²) in [5.41, 5.74) is -2.95. The number of piperidine rings is 1. The molecule has 164 valence electrons. The number of nitrogens with zero attached hydrogens (tertiary/aromatic N) is 3.